The summed E-state index contributed by atoms with van der Waals surface area (Å²) < 4.78 is 9.46. The molecule has 0 saturated carbocycles. The van der Waals surface area contributed by atoms with Gasteiger partial charge in [-0.25, -0.2) is 4.79 Å². The van der Waals surface area contributed by atoms with Crippen LogP contribution in [-0.4, -0.2) is 74.9 Å². The third-order valence-electron chi connectivity index (χ3n) is 2.11. The standard InChI is InChI=1S/C11H20N2O6/c1-13(10(15)7-19-8-11(16)17)6-9(14)12-4-3-5-18-2/h3-8H2,1-2H3,(H,12,14)(H,16,17). The first-order valence-electron chi connectivity index (χ1n) is 5.76. The van der Waals surface area contributed by atoms with E-state index in [1.54, 1.807) is 7.11 Å². The maximum atomic E-state index is 11.4. The largest absolute Gasteiger partial charge is 0.480 e. The number of likely N-dealkylation sites (N-methyl/N-ethyl adjacent to an activating group) is 1. The summed E-state index contributed by atoms with van der Waals surface area (Å²) in [5, 5.41) is 11.0. The number of carboxylic acids is 1. The van der Waals surface area contributed by atoms with Gasteiger partial charge in [-0.2, -0.15) is 0 Å². The minimum absolute atomic E-state index is 0.0950. The zero-order valence-electron chi connectivity index (χ0n) is 11.2. The molecule has 0 heterocycles. The number of carboxylic acid groups (broad SMARTS) is 1. The second-order valence-electron chi connectivity index (χ2n) is 3.83. The first-order chi connectivity index (χ1) is 8.97. The fourth-order valence-corrected chi connectivity index (χ4v) is 1.14. The fraction of sp³-hybridized carbons (Fsp3) is 0.727. The predicted octanol–water partition coefficient (Wildman–Crippen LogP) is -1.30. The normalized spacial score (nSPS) is 10.0. The Labute approximate surface area is 111 Å². The Kier molecular flexibility index (Phi) is 9.37. The Bertz CT molecular complexity index is 308. The Morgan fingerprint density at radius 2 is 1.95 bits per heavy atom. The van der Waals surface area contributed by atoms with Crippen molar-refractivity contribution in [1.29, 1.82) is 0 Å². The minimum Gasteiger partial charge on any atom is -0.480 e. The Morgan fingerprint density at radius 1 is 1.26 bits per heavy atom. The molecule has 2 N–H and O–H groups in total. The fourth-order valence-electron chi connectivity index (χ4n) is 1.14. The van der Waals surface area contributed by atoms with Crippen LogP contribution in [0.4, 0.5) is 0 Å². The first-order valence-corrected chi connectivity index (χ1v) is 5.76. The van der Waals surface area contributed by atoms with Crippen LogP contribution < -0.4 is 5.32 Å². The highest BCUT2D eigenvalue weighted by Gasteiger charge is 2.13. The molecular formula is C11H20N2O6. The van der Waals surface area contributed by atoms with E-state index in [4.69, 9.17) is 9.84 Å². The molecule has 0 aromatic carbocycles. The van der Waals surface area contributed by atoms with Crippen molar-refractivity contribution < 1.29 is 29.0 Å². The van der Waals surface area contributed by atoms with Crippen molar-refractivity contribution in [3.05, 3.63) is 0 Å². The zero-order valence-corrected chi connectivity index (χ0v) is 11.2. The predicted molar refractivity (Wildman–Crippen MR) is 65.6 cm³/mol. The number of amides is 2. The highest BCUT2D eigenvalue weighted by molar-refractivity contribution is 5.85. The molecule has 0 rings (SSSR count). The van der Waals surface area contributed by atoms with E-state index in [-0.39, 0.29) is 19.1 Å². The number of hydrogen-bond acceptors (Lipinski definition) is 5. The van der Waals surface area contributed by atoms with E-state index in [2.05, 4.69) is 10.1 Å². The molecule has 0 aliphatic heterocycles. The number of rotatable bonds is 10. The third kappa shape index (κ3) is 9.98. The van der Waals surface area contributed by atoms with Crippen molar-refractivity contribution in [2.75, 3.05) is 47.1 Å². The number of nitrogens with zero attached hydrogens (tertiary/aromatic N) is 1. The molecule has 0 unspecified atom stereocenters. The van der Waals surface area contributed by atoms with Crippen LogP contribution in [0.1, 0.15) is 6.42 Å². The van der Waals surface area contributed by atoms with E-state index in [0.29, 0.717) is 19.6 Å². The molecule has 0 bridgehead atoms. The molecule has 0 atom stereocenters. The number of methoxy groups -OCH3 is 1. The van der Waals surface area contributed by atoms with E-state index in [1.165, 1.54) is 11.9 Å². The molecule has 0 aromatic heterocycles. The van der Waals surface area contributed by atoms with E-state index in [1.807, 2.05) is 0 Å². The van der Waals surface area contributed by atoms with Gasteiger partial charge in [0.15, 0.2) is 0 Å². The number of aliphatic carboxylic acids is 1. The van der Waals surface area contributed by atoms with E-state index >= 15 is 0 Å². The quantitative estimate of drug-likeness (QED) is 0.480. The van der Waals surface area contributed by atoms with Crippen molar-refractivity contribution in [3.8, 4) is 0 Å². The van der Waals surface area contributed by atoms with Crippen LogP contribution in [-0.2, 0) is 23.9 Å². The summed E-state index contributed by atoms with van der Waals surface area (Å²) in [5.74, 6) is -1.88. The van der Waals surface area contributed by atoms with Crippen molar-refractivity contribution >= 4 is 17.8 Å². The third-order valence-corrected chi connectivity index (χ3v) is 2.11. The van der Waals surface area contributed by atoms with Crippen molar-refractivity contribution in [2.24, 2.45) is 0 Å². The minimum atomic E-state index is -1.15. The molecule has 0 saturated heterocycles. The Balaban J connectivity index is 3.75. The van der Waals surface area contributed by atoms with E-state index in [9.17, 15) is 14.4 Å². The molecule has 8 heteroatoms. The molecule has 2 amide bonds. The summed E-state index contributed by atoms with van der Waals surface area (Å²) in [7, 11) is 3.02. The van der Waals surface area contributed by atoms with Crippen LogP contribution in [0.15, 0.2) is 0 Å². The van der Waals surface area contributed by atoms with Crippen LogP contribution in [0.5, 0.6) is 0 Å². The van der Waals surface area contributed by atoms with Crippen molar-refractivity contribution in [3.63, 3.8) is 0 Å². The lowest BCUT2D eigenvalue weighted by Gasteiger charge is -2.16. The van der Waals surface area contributed by atoms with E-state index in [0.717, 1.165) is 0 Å². The molecule has 0 fully saturated rings. The van der Waals surface area contributed by atoms with Gasteiger partial charge in [0.1, 0.15) is 13.2 Å². The monoisotopic (exact) mass is 276 g/mol. The maximum absolute atomic E-state index is 11.4. The molecule has 19 heavy (non-hydrogen) atoms. The Morgan fingerprint density at radius 3 is 2.53 bits per heavy atom. The SMILES string of the molecule is COCCCNC(=O)CN(C)C(=O)COCC(=O)O. The number of carbonyl (C=O) groups is 3. The van der Waals surface area contributed by atoms with Gasteiger partial charge < -0.3 is 24.8 Å². The van der Waals surface area contributed by atoms with Gasteiger partial charge >= 0.3 is 5.97 Å². The number of nitrogens with one attached hydrogen (secondary N) is 1. The van der Waals surface area contributed by atoms with Crippen LogP contribution in [0.25, 0.3) is 0 Å². The highest BCUT2D eigenvalue weighted by Crippen LogP contribution is 1.87. The van der Waals surface area contributed by atoms with Gasteiger partial charge in [-0.3, -0.25) is 9.59 Å². The summed E-state index contributed by atoms with van der Waals surface area (Å²) in [6.45, 7) is 0.0348. The molecular weight excluding hydrogens is 256 g/mol. The van der Waals surface area contributed by atoms with Gasteiger partial charge in [0.05, 0.1) is 6.54 Å². The lowest BCUT2D eigenvalue weighted by atomic mass is 10.4. The molecule has 0 aromatic rings. The summed E-state index contributed by atoms with van der Waals surface area (Å²) in [6.07, 6.45) is 0.696. The first kappa shape index (κ1) is 17.3. The average Bonchev–Trinajstić information content (AvgIpc) is 2.34. The van der Waals surface area contributed by atoms with Gasteiger partial charge in [0.25, 0.3) is 0 Å². The van der Waals surface area contributed by atoms with Gasteiger partial charge in [0, 0.05) is 27.3 Å². The molecule has 0 spiro atoms. The summed E-state index contributed by atoms with van der Waals surface area (Å²) >= 11 is 0. The maximum Gasteiger partial charge on any atom is 0.329 e. The lowest BCUT2D eigenvalue weighted by molar-refractivity contribution is -0.146. The second kappa shape index (κ2) is 10.3. The van der Waals surface area contributed by atoms with Crippen molar-refractivity contribution in [2.45, 2.75) is 6.42 Å². The smallest absolute Gasteiger partial charge is 0.329 e. The van der Waals surface area contributed by atoms with E-state index < -0.39 is 18.5 Å². The molecule has 0 aliphatic rings. The molecule has 110 valence electrons. The van der Waals surface area contributed by atoms with Crippen LogP contribution in [0, 0.1) is 0 Å². The second-order valence-corrected chi connectivity index (χ2v) is 3.83. The van der Waals surface area contributed by atoms with Crippen molar-refractivity contribution in [1.82, 2.24) is 10.2 Å². The van der Waals surface area contributed by atoms with Gasteiger partial charge in [-0.05, 0) is 6.42 Å². The van der Waals surface area contributed by atoms with Crippen LogP contribution in [0.2, 0.25) is 0 Å². The summed E-state index contributed by atoms with van der Waals surface area (Å²) in [6, 6.07) is 0. The zero-order chi connectivity index (χ0) is 14.7. The van der Waals surface area contributed by atoms with Gasteiger partial charge in [-0.15, -0.1) is 0 Å². The summed E-state index contributed by atoms with van der Waals surface area (Å²) in [4.78, 5) is 34.2. The van der Waals surface area contributed by atoms with Gasteiger partial charge in [-0.1, -0.05) is 0 Å². The van der Waals surface area contributed by atoms with Crippen LogP contribution in [0.3, 0.4) is 0 Å². The van der Waals surface area contributed by atoms with Gasteiger partial charge in [0.2, 0.25) is 11.8 Å². The number of hydrogen-bond donors (Lipinski definition) is 2. The number of carbonyl (C=O) groups excluding carboxylic acids is 2. The highest BCUT2D eigenvalue weighted by atomic mass is 16.5. The molecule has 8 nitrogen and oxygen atoms in total. The molecule has 0 aliphatic carbocycles. The summed E-state index contributed by atoms with van der Waals surface area (Å²) in [5.41, 5.74) is 0. The molecule has 0 radical (unpaired) electrons. The topological polar surface area (TPSA) is 105 Å². The lowest BCUT2D eigenvalue weighted by Crippen LogP contribution is -2.40. The van der Waals surface area contributed by atoms with Crippen LogP contribution >= 0.6 is 0 Å². The Hall–Kier alpha value is -1.67. The number of ether oxygens (including phenoxy) is 2. The average molecular weight is 276 g/mol.